The summed E-state index contributed by atoms with van der Waals surface area (Å²) < 4.78 is 32.1. The monoisotopic (exact) mass is 750 g/mol. The first-order chi connectivity index (χ1) is 25.8. The first kappa shape index (κ1) is 33.2. The smallest absolute Gasteiger partial charge is 0.226 e. The highest BCUT2D eigenvalue weighted by atomic mass is 35.5. The van der Waals surface area contributed by atoms with E-state index in [2.05, 4.69) is 27.0 Å². The predicted molar refractivity (Wildman–Crippen MR) is 200 cm³/mol. The lowest BCUT2D eigenvalue weighted by Crippen LogP contribution is -2.41. The lowest BCUT2D eigenvalue weighted by atomic mass is 9.79. The number of carbonyl (C=O) groups is 1. The van der Waals surface area contributed by atoms with Crippen LogP contribution in [0.5, 0.6) is 11.6 Å². The van der Waals surface area contributed by atoms with Gasteiger partial charge in [0.25, 0.3) is 0 Å². The van der Waals surface area contributed by atoms with Crippen LogP contribution in [0.4, 0.5) is 4.39 Å². The Hall–Kier alpha value is -4.43. The Morgan fingerprint density at radius 2 is 2.06 bits per heavy atom. The zero-order valence-corrected chi connectivity index (χ0v) is 30.7. The number of benzene rings is 2. The minimum absolute atomic E-state index is 0.0342. The molecule has 5 fully saturated rings. The van der Waals surface area contributed by atoms with E-state index in [0.29, 0.717) is 70.6 Å². The SMILES string of the molecule is Cc1nc2c(F)c(-c3cccc(Cl)c3Cl)c(CCC#N)cc2c2c1cc([C@H]1C[C@H](Oc3ccnc4c3CCO4)CN1C(=O)C1CC1)n2[C@H]1[C@H]2CN[C@@H]1C2. The van der Waals surface area contributed by atoms with Crippen molar-refractivity contribution in [3.8, 4) is 28.8 Å². The van der Waals surface area contributed by atoms with E-state index in [1.807, 2.05) is 24.0 Å². The third-order valence-electron chi connectivity index (χ3n) is 12.1. The molecule has 53 heavy (non-hydrogen) atoms. The fourth-order valence-electron chi connectivity index (χ4n) is 9.42. The van der Waals surface area contributed by atoms with Crippen LogP contribution >= 0.6 is 23.2 Å². The van der Waals surface area contributed by atoms with Crippen LogP contribution in [0.1, 0.15) is 66.7 Å². The van der Waals surface area contributed by atoms with Crippen LogP contribution in [-0.2, 0) is 17.6 Å². The maximum Gasteiger partial charge on any atom is 0.226 e. The van der Waals surface area contributed by atoms with Crippen LogP contribution in [0.2, 0.25) is 10.0 Å². The van der Waals surface area contributed by atoms with Gasteiger partial charge >= 0.3 is 0 Å². The Balaban J connectivity index is 1.17. The lowest BCUT2D eigenvalue weighted by Gasteiger charge is -2.39. The average molecular weight is 752 g/mol. The molecule has 2 saturated carbocycles. The van der Waals surface area contributed by atoms with E-state index in [4.69, 9.17) is 37.7 Å². The highest BCUT2D eigenvalue weighted by molar-refractivity contribution is 6.43. The standard InChI is InChI=1S/C41H37Cl2FN6O3/c1-20-27-17-32(31-16-24(19-49(31)41(51)21-7-8-21)53-33-9-12-46-40-25(33)10-13-52-40)50(38-23-15-30(38)47-18-23)39(27)28-14-22(4-3-11-45)34(36(44)37(28)48-20)26-5-2-6-29(42)35(26)43/h2,5-6,9,12,14,17,21,23-24,30-31,38,47H,3-4,7-8,10,13,15-16,18-19H2,1H3/t23-,24+,30-,31-,38+/m1/s1. The first-order valence-corrected chi connectivity index (χ1v) is 19.3. The number of amides is 1. The number of fused-ring (bicyclic) bond motifs is 5. The number of rotatable bonds is 8. The molecule has 0 spiro atoms. The van der Waals surface area contributed by atoms with Gasteiger partial charge in [-0.3, -0.25) is 4.79 Å². The fraction of sp³-hybridized carbons (Fsp3) is 0.415. The number of nitrogens with zero attached hydrogens (tertiary/aromatic N) is 5. The minimum atomic E-state index is -0.484. The van der Waals surface area contributed by atoms with Gasteiger partial charge < -0.3 is 24.3 Å². The van der Waals surface area contributed by atoms with E-state index in [9.17, 15) is 10.1 Å². The molecule has 7 heterocycles. The molecule has 2 aliphatic carbocycles. The van der Waals surface area contributed by atoms with Crippen LogP contribution in [0, 0.1) is 35.9 Å². The Morgan fingerprint density at radius 1 is 1.19 bits per heavy atom. The minimum Gasteiger partial charge on any atom is -0.488 e. The molecule has 1 N–H and O–H groups in total. The van der Waals surface area contributed by atoms with Crippen molar-refractivity contribution in [3.63, 3.8) is 0 Å². The molecule has 5 aromatic rings. The Labute approximate surface area is 316 Å². The van der Waals surface area contributed by atoms with E-state index < -0.39 is 5.82 Å². The summed E-state index contributed by atoms with van der Waals surface area (Å²) in [5.74, 6) is 1.51. The molecule has 4 aliphatic heterocycles. The van der Waals surface area contributed by atoms with Crippen molar-refractivity contribution in [3.05, 3.63) is 81.0 Å². The summed E-state index contributed by atoms with van der Waals surface area (Å²) in [5.41, 5.74) is 5.34. The number of carbonyl (C=O) groups excluding carboxylic acids is 1. The zero-order chi connectivity index (χ0) is 36.1. The molecule has 270 valence electrons. The van der Waals surface area contributed by atoms with Crippen LogP contribution < -0.4 is 14.8 Å². The summed E-state index contributed by atoms with van der Waals surface area (Å²) in [6.45, 7) is 3.89. The molecule has 12 heteroatoms. The van der Waals surface area contributed by atoms with Crippen LogP contribution in [0.25, 0.3) is 32.9 Å². The molecule has 0 unspecified atom stereocenters. The van der Waals surface area contributed by atoms with Gasteiger partial charge in [-0.15, -0.1) is 0 Å². The molecule has 9 nitrogen and oxygen atoms in total. The maximum atomic E-state index is 17.2. The van der Waals surface area contributed by atoms with Crippen LogP contribution in [-0.4, -0.2) is 57.2 Å². The Morgan fingerprint density at radius 3 is 2.83 bits per heavy atom. The van der Waals surface area contributed by atoms with E-state index >= 15 is 4.39 Å². The van der Waals surface area contributed by atoms with Gasteiger partial charge in [-0.2, -0.15) is 5.26 Å². The zero-order valence-electron chi connectivity index (χ0n) is 29.2. The summed E-state index contributed by atoms with van der Waals surface area (Å²) in [7, 11) is 0. The van der Waals surface area contributed by atoms with Crippen molar-refractivity contribution < 1.29 is 18.7 Å². The molecule has 3 aromatic heterocycles. The number of aromatic nitrogens is 3. The number of hydrogen-bond acceptors (Lipinski definition) is 7. The van der Waals surface area contributed by atoms with Gasteiger partial charge in [0.05, 0.1) is 52.4 Å². The molecule has 5 atom stereocenters. The summed E-state index contributed by atoms with van der Waals surface area (Å²) >= 11 is 13.1. The molecule has 11 rings (SSSR count). The number of likely N-dealkylation sites (tertiary alicyclic amines) is 1. The van der Waals surface area contributed by atoms with Gasteiger partial charge in [0.2, 0.25) is 11.8 Å². The molecule has 2 bridgehead atoms. The van der Waals surface area contributed by atoms with Gasteiger partial charge in [0.1, 0.15) is 17.4 Å². The maximum absolute atomic E-state index is 17.2. The molecule has 2 aromatic carbocycles. The molecular formula is C41H37Cl2FN6O3. The second kappa shape index (κ2) is 12.6. The molecular weight excluding hydrogens is 714 g/mol. The van der Waals surface area contributed by atoms with Crippen molar-refractivity contribution in [2.24, 2.45) is 11.8 Å². The number of ether oxygens (including phenoxy) is 2. The third kappa shape index (κ3) is 5.22. The number of aryl methyl sites for hydroxylation is 2. The van der Waals surface area contributed by atoms with Crippen molar-refractivity contribution in [1.82, 2.24) is 24.8 Å². The van der Waals surface area contributed by atoms with E-state index in [-0.39, 0.29) is 53.0 Å². The number of nitriles is 1. The van der Waals surface area contributed by atoms with Crippen LogP contribution in [0.15, 0.2) is 42.6 Å². The number of pyridine rings is 2. The number of hydrogen-bond donors (Lipinski definition) is 1. The van der Waals surface area contributed by atoms with Crippen molar-refractivity contribution >= 4 is 50.9 Å². The highest BCUT2D eigenvalue weighted by Gasteiger charge is 2.51. The summed E-state index contributed by atoms with van der Waals surface area (Å²) in [4.78, 5) is 25.5. The van der Waals surface area contributed by atoms with E-state index in [0.717, 1.165) is 60.1 Å². The molecule has 3 saturated heterocycles. The van der Waals surface area contributed by atoms with Crippen LogP contribution in [0.3, 0.4) is 0 Å². The predicted octanol–water partition coefficient (Wildman–Crippen LogP) is 8.06. The second-order valence-electron chi connectivity index (χ2n) is 15.2. The van der Waals surface area contributed by atoms with Gasteiger partial charge in [0.15, 0.2) is 5.82 Å². The molecule has 1 amide bonds. The molecule has 6 aliphatic rings. The fourth-order valence-corrected chi connectivity index (χ4v) is 9.82. The first-order valence-electron chi connectivity index (χ1n) is 18.6. The third-order valence-corrected chi connectivity index (χ3v) is 12.9. The summed E-state index contributed by atoms with van der Waals surface area (Å²) in [5, 5.41) is 15.5. The summed E-state index contributed by atoms with van der Waals surface area (Å²) in [6.07, 6.45) is 6.25. The Kier molecular flexibility index (Phi) is 7.87. The van der Waals surface area contributed by atoms with Crippen molar-refractivity contribution in [1.29, 1.82) is 5.26 Å². The average Bonchev–Trinajstić information content (AvgIpc) is 3.63. The lowest BCUT2D eigenvalue weighted by molar-refractivity contribution is -0.133. The topological polar surface area (TPSA) is 105 Å². The summed E-state index contributed by atoms with van der Waals surface area (Å²) in [6, 6.07) is 13.7. The van der Waals surface area contributed by atoms with Gasteiger partial charge in [-0.1, -0.05) is 35.3 Å². The van der Waals surface area contributed by atoms with E-state index in [1.165, 1.54) is 0 Å². The van der Waals surface area contributed by atoms with Gasteiger partial charge in [-0.05, 0) is 68.4 Å². The van der Waals surface area contributed by atoms with E-state index in [1.54, 1.807) is 24.4 Å². The molecule has 0 radical (unpaired) electrons. The largest absolute Gasteiger partial charge is 0.488 e. The number of halogens is 3. The van der Waals surface area contributed by atoms with Gasteiger partial charge in [-0.25, -0.2) is 14.4 Å². The normalized spacial score (nSPS) is 24.4. The van der Waals surface area contributed by atoms with Gasteiger partial charge in [0, 0.05) is 77.3 Å². The Bertz CT molecular complexity index is 2390. The van der Waals surface area contributed by atoms with Crippen molar-refractivity contribution in [2.75, 3.05) is 19.7 Å². The second-order valence-corrected chi connectivity index (χ2v) is 16.0. The quantitative estimate of drug-likeness (QED) is 0.171. The highest BCUT2D eigenvalue weighted by Crippen LogP contribution is 2.51. The number of nitrogens with one attached hydrogen (secondary N) is 1. The van der Waals surface area contributed by atoms with Crippen molar-refractivity contribution in [2.45, 2.75) is 76.1 Å².